The quantitative estimate of drug-likeness (QED) is 0.229. The molecule has 0 aliphatic carbocycles. The lowest BCUT2D eigenvalue weighted by Gasteiger charge is -2.14. The van der Waals surface area contributed by atoms with Gasteiger partial charge in [0.25, 0.3) is 0 Å². The van der Waals surface area contributed by atoms with Gasteiger partial charge in [0.1, 0.15) is 11.7 Å². The van der Waals surface area contributed by atoms with Gasteiger partial charge in [-0.3, -0.25) is 14.8 Å². The number of amidine groups is 2. The number of H-pyrrole nitrogens is 2. The van der Waals surface area contributed by atoms with Crippen molar-refractivity contribution in [3.05, 3.63) is 78.0 Å². The molecular formula is C32H30N6O2. The molecule has 40 heavy (non-hydrogen) atoms. The summed E-state index contributed by atoms with van der Waals surface area (Å²) in [6.07, 6.45) is 4.16. The van der Waals surface area contributed by atoms with Crippen LogP contribution in [-0.4, -0.2) is 53.8 Å². The Morgan fingerprint density at radius 1 is 0.750 bits per heavy atom. The number of benzene rings is 3. The van der Waals surface area contributed by atoms with Crippen LogP contribution in [0, 0.1) is 0 Å². The van der Waals surface area contributed by atoms with Gasteiger partial charge < -0.3 is 25.3 Å². The molecule has 3 aromatic carbocycles. The SMILES string of the molecule is CC(=O)Oc1c(-c2ccc(-c3c[nH]c4cc(C5=NCCCN5)ccc34)cc2)[nH]c2cc(C3=NCCCN3)ccc12. The highest BCUT2D eigenvalue weighted by Gasteiger charge is 2.19. The fourth-order valence-corrected chi connectivity index (χ4v) is 5.55. The molecule has 0 unspecified atom stereocenters. The van der Waals surface area contributed by atoms with Crippen LogP contribution in [-0.2, 0) is 4.79 Å². The third-order valence-electron chi connectivity index (χ3n) is 7.50. The van der Waals surface area contributed by atoms with E-state index < -0.39 is 0 Å². The number of hydrogen-bond donors (Lipinski definition) is 4. The van der Waals surface area contributed by atoms with Gasteiger partial charge in [-0.05, 0) is 36.6 Å². The maximum atomic E-state index is 12.0. The second kappa shape index (κ2) is 10.0. The molecule has 5 aromatic rings. The van der Waals surface area contributed by atoms with Crippen molar-refractivity contribution in [3.63, 3.8) is 0 Å². The fourth-order valence-electron chi connectivity index (χ4n) is 5.55. The zero-order valence-corrected chi connectivity index (χ0v) is 22.3. The Morgan fingerprint density at radius 3 is 1.98 bits per heavy atom. The van der Waals surface area contributed by atoms with Crippen molar-refractivity contribution in [2.45, 2.75) is 19.8 Å². The van der Waals surface area contributed by atoms with Gasteiger partial charge in [0.15, 0.2) is 5.75 Å². The van der Waals surface area contributed by atoms with Crippen LogP contribution < -0.4 is 15.4 Å². The molecule has 0 bridgehead atoms. The van der Waals surface area contributed by atoms with Crippen molar-refractivity contribution >= 4 is 39.4 Å². The van der Waals surface area contributed by atoms with Crippen LogP contribution in [0.3, 0.4) is 0 Å². The lowest BCUT2D eigenvalue weighted by molar-refractivity contribution is -0.131. The van der Waals surface area contributed by atoms with E-state index in [9.17, 15) is 4.79 Å². The predicted octanol–water partition coefficient (Wildman–Crippen LogP) is 5.39. The van der Waals surface area contributed by atoms with Crippen molar-refractivity contribution in [1.82, 2.24) is 20.6 Å². The van der Waals surface area contributed by atoms with E-state index >= 15 is 0 Å². The topological polar surface area (TPSA) is 107 Å². The van der Waals surface area contributed by atoms with Gasteiger partial charge in [0.05, 0.1) is 11.2 Å². The van der Waals surface area contributed by atoms with E-state index in [2.05, 4.69) is 85.3 Å². The summed E-state index contributed by atoms with van der Waals surface area (Å²) in [5.41, 5.74) is 8.03. The van der Waals surface area contributed by atoms with Gasteiger partial charge in [0.2, 0.25) is 0 Å². The van der Waals surface area contributed by atoms with Crippen LogP contribution in [0.1, 0.15) is 30.9 Å². The second-order valence-electron chi connectivity index (χ2n) is 10.2. The van der Waals surface area contributed by atoms with E-state index in [-0.39, 0.29) is 5.97 Å². The van der Waals surface area contributed by atoms with E-state index in [0.29, 0.717) is 5.75 Å². The first-order valence-corrected chi connectivity index (χ1v) is 13.8. The molecule has 0 saturated heterocycles. The average Bonchev–Trinajstić information content (AvgIpc) is 3.59. The van der Waals surface area contributed by atoms with Crippen molar-refractivity contribution in [3.8, 4) is 28.1 Å². The van der Waals surface area contributed by atoms with Crippen molar-refractivity contribution in [1.29, 1.82) is 0 Å². The molecule has 2 aromatic heterocycles. The molecule has 4 N–H and O–H groups in total. The Hall–Kier alpha value is -4.85. The third kappa shape index (κ3) is 4.41. The highest BCUT2D eigenvalue weighted by Crippen LogP contribution is 2.39. The number of aromatic nitrogens is 2. The zero-order chi connectivity index (χ0) is 27.1. The third-order valence-corrected chi connectivity index (χ3v) is 7.50. The van der Waals surface area contributed by atoms with Gasteiger partial charge >= 0.3 is 5.97 Å². The van der Waals surface area contributed by atoms with E-state index in [0.717, 1.165) is 106 Å². The van der Waals surface area contributed by atoms with Gasteiger partial charge in [-0.15, -0.1) is 0 Å². The largest absolute Gasteiger partial charge is 0.424 e. The van der Waals surface area contributed by atoms with Gasteiger partial charge in [-0.2, -0.15) is 0 Å². The molecule has 0 atom stereocenters. The molecule has 7 rings (SSSR count). The Morgan fingerprint density at radius 2 is 1.35 bits per heavy atom. The molecule has 0 fully saturated rings. The van der Waals surface area contributed by atoms with Crippen LogP contribution in [0.25, 0.3) is 44.2 Å². The Balaban J connectivity index is 1.23. The van der Waals surface area contributed by atoms with Gasteiger partial charge in [-0.1, -0.05) is 42.5 Å². The van der Waals surface area contributed by atoms with Crippen molar-refractivity contribution in [2.24, 2.45) is 9.98 Å². The van der Waals surface area contributed by atoms with E-state index in [1.807, 2.05) is 12.1 Å². The summed E-state index contributed by atoms with van der Waals surface area (Å²) in [6.45, 7) is 5.00. The van der Waals surface area contributed by atoms with E-state index in [1.54, 1.807) is 0 Å². The number of hydrogen-bond acceptors (Lipinski definition) is 6. The highest BCUT2D eigenvalue weighted by molar-refractivity contribution is 6.06. The molecule has 0 spiro atoms. The second-order valence-corrected chi connectivity index (χ2v) is 10.2. The first-order valence-electron chi connectivity index (χ1n) is 13.8. The Bertz CT molecular complexity index is 1810. The summed E-state index contributed by atoms with van der Waals surface area (Å²) in [5, 5.41) is 8.79. The molecule has 2 aliphatic rings. The summed E-state index contributed by atoms with van der Waals surface area (Å²) in [4.78, 5) is 28.2. The minimum Gasteiger partial charge on any atom is -0.424 e. The number of aliphatic imine (C=N–C) groups is 2. The smallest absolute Gasteiger partial charge is 0.308 e. The summed E-state index contributed by atoms with van der Waals surface area (Å²) in [5.74, 6) is 2.05. The van der Waals surface area contributed by atoms with Crippen LogP contribution in [0.15, 0.2) is 76.8 Å². The zero-order valence-electron chi connectivity index (χ0n) is 22.3. The summed E-state index contributed by atoms with van der Waals surface area (Å²) in [6, 6.07) is 20.9. The first kappa shape index (κ1) is 24.2. The molecule has 4 heterocycles. The molecule has 8 nitrogen and oxygen atoms in total. The number of nitrogens with one attached hydrogen (secondary N) is 4. The van der Waals surface area contributed by atoms with Crippen LogP contribution >= 0.6 is 0 Å². The maximum absolute atomic E-state index is 12.0. The van der Waals surface area contributed by atoms with Gasteiger partial charge in [-0.25, -0.2) is 0 Å². The Kier molecular flexibility index (Phi) is 6.07. The number of carbonyl (C=O) groups excluding carboxylic acids is 1. The number of nitrogens with zero attached hydrogens (tertiary/aromatic N) is 2. The monoisotopic (exact) mass is 530 g/mol. The fraction of sp³-hybridized carbons (Fsp3) is 0.219. The maximum Gasteiger partial charge on any atom is 0.308 e. The minimum absolute atomic E-state index is 0.353. The normalized spacial score (nSPS) is 15.3. The highest BCUT2D eigenvalue weighted by atomic mass is 16.5. The summed E-state index contributed by atoms with van der Waals surface area (Å²) in [7, 11) is 0. The summed E-state index contributed by atoms with van der Waals surface area (Å²) < 4.78 is 5.72. The molecule has 2 aliphatic heterocycles. The number of esters is 1. The van der Waals surface area contributed by atoms with Crippen molar-refractivity contribution in [2.75, 3.05) is 26.2 Å². The number of carbonyl (C=O) groups is 1. The Labute approximate surface area is 231 Å². The first-order chi connectivity index (χ1) is 19.6. The minimum atomic E-state index is -0.353. The van der Waals surface area contributed by atoms with Crippen LogP contribution in [0.4, 0.5) is 0 Å². The summed E-state index contributed by atoms with van der Waals surface area (Å²) >= 11 is 0. The number of rotatable bonds is 5. The van der Waals surface area contributed by atoms with Crippen LogP contribution in [0.5, 0.6) is 5.75 Å². The average molecular weight is 531 g/mol. The van der Waals surface area contributed by atoms with E-state index in [4.69, 9.17) is 4.74 Å². The van der Waals surface area contributed by atoms with Crippen LogP contribution in [0.2, 0.25) is 0 Å². The molecule has 0 saturated carbocycles. The lowest BCUT2D eigenvalue weighted by atomic mass is 10.0. The standard InChI is InChI=1S/C32H30N6O2/c1-19(39)40-30-25-11-9-23(32-35-14-3-15-36-32)17-28(25)38-29(30)21-6-4-20(5-7-21)26-18-37-27-16-22(8-10-24(26)27)31-33-12-2-13-34-31/h4-11,16-18,37-38H,2-3,12-15H2,1H3,(H,33,34)(H,35,36). The number of aromatic amines is 2. The number of ether oxygens (including phenoxy) is 1. The number of fused-ring (bicyclic) bond motifs is 2. The molecule has 0 amide bonds. The van der Waals surface area contributed by atoms with Crippen molar-refractivity contribution < 1.29 is 9.53 Å². The van der Waals surface area contributed by atoms with E-state index in [1.165, 1.54) is 6.92 Å². The predicted molar refractivity (Wildman–Crippen MR) is 160 cm³/mol. The molecule has 0 radical (unpaired) electrons. The van der Waals surface area contributed by atoms with Gasteiger partial charge in [0, 0.05) is 77.8 Å². The molecule has 200 valence electrons. The lowest BCUT2D eigenvalue weighted by Crippen LogP contribution is -2.30. The molecular weight excluding hydrogens is 500 g/mol. The molecule has 8 heteroatoms.